The zero-order chi connectivity index (χ0) is 28.2. The highest BCUT2D eigenvalue weighted by atomic mass is 35.5. The molecule has 1 heterocycles. The normalized spacial score (nSPS) is 12.8. The van der Waals surface area contributed by atoms with E-state index in [0.29, 0.717) is 31.7 Å². The second kappa shape index (κ2) is 13.0. The van der Waals surface area contributed by atoms with Crippen molar-refractivity contribution in [3.05, 3.63) is 157 Å². The van der Waals surface area contributed by atoms with Crippen LogP contribution < -0.4 is 4.57 Å². The molecule has 0 fully saturated rings. The van der Waals surface area contributed by atoms with E-state index in [-0.39, 0.29) is 18.8 Å². The Bertz CT molecular complexity index is 1550. The summed E-state index contributed by atoms with van der Waals surface area (Å²) >= 11 is 31.5. The average Bonchev–Trinajstić information content (AvgIpc) is 3.38. The molecule has 0 spiro atoms. The minimum absolute atomic E-state index is 0.0366. The maximum Gasteiger partial charge on any atom is 0.244 e. The van der Waals surface area contributed by atoms with E-state index >= 15 is 0 Å². The van der Waals surface area contributed by atoms with Crippen molar-refractivity contribution in [3.63, 3.8) is 0 Å². The van der Waals surface area contributed by atoms with E-state index in [1.165, 1.54) is 11.1 Å². The average molecular weight is 632 g/mol. The second-order valence-electron chi connectivity index (χ2n) is 9.62. The number of aryl methyl sites for hydroxylation is 1. The molecule has 8 heteroatoms. The summed E-state index contributed by atoms with van der Waals surface area (Å²) in [7, 11) is 0. The van der Waals surface area contributed by atoms with Crippen molar-refractivity contribution in [2.45, 2.75) is 32.2 Å². The third-order valence-electron chi connectivity index (χ3n) is 6.73. The van der Waals surface area contributed by atoms with Crippen molar-refractivity contribution >= 4 is 58.0 Å². The first-order valence-corrected chi connectivity index (χ1v) is 14.5. The fourth-order valence-corrected chi connectivity index (χ4v) is 5.75. The Morgan fingerprint density at radius 2 is 1.32 bits per heavy atom. The lowest BCUT2D eigenvalue weighted by atomic mass is 9.98. The maximum atomic E-state index is 6.63. The highest BCUT2D eigenvalue weighted by Gasteiger charge is 2.24. The Morgan fingerprint density at radius 1 is 0.725 bits per heavy atom. The lowest BCUT2D eigenvalue weighted by molar-refractivity contribution is -0.704. The summed E-state index contributed by atoms with van der Waals surface area (Å²) in [6.45, 7) is 2.89. The molecule has 0 saturated carbocycles. The standard InChI is InChI=1S/C32H26Cl5N2O/c1-21-2-4-22(5-3-21)32(23-6-9-25(33)10-7-23)39-15-14-38(20-39)18-31(28-13-12-27(35)17-30(28)37)40-19-24-8-11-26(34)16-29(24)36/h2-17,20,31-32H,18-19H2,1H3/q+1. The molecule has 4 aromatic carbocycles. The van der Waals surface area contributed by atoms with Gasteiger partial charge in [0.15, 0.2) is 6.04 Å². The SMILES string of the molecule is Cc1ccc(C(c2ccc(Cl)cc2)[n+]2ccn(CC(OCc3ccc(Cl)cc3Cl)c3ccc(Cl)cc3Cl)c2)cc1. The number of aromatic nitrogens is 2. The summed E-state index contributed by atoms with van der Waals surface area (Å²) in [5.74, 6) is 0. The molecule has 2 atom stereocenters. The summed E-state index contributed by atoms with van der Waals surface area (Å²) in [4.78, 5) is 0. The van der Waals surface area contributed by atoms with Crippen molar-refractivity contribution in [2.24, 2.45) is 0 Å². The number of rotatable bonds is 9. The van der Waals surface area contributed by atoms with E-state index in [9.17, 15) is 0 Å². The number of halogens is 5. The van der Waals surface area contributed by atoms with Gasteiger partial charge in [-0.15, -0.1) is 0 Å². The Morgan fingerprint density at radius 3 is 1.98 bits per heavy atom. The minimum Gasteiger partial charge on any atom is -0.365 e. The van der Waals surface area contributed by atoms with Crippen LogP contribution in [0.4, 0.5) is 0 Å². The quantitative estimate of drug-likeness (QED) is 0.148. The van der Waals surface area contributed by atoms with E-state index in [4.69, 9.17) is 62.7 Å². The van der Waals surface area contributed by atoms with E-state index in [0.717, 1.165) is 16.7 Å². The fourth-order valence-electron chi connectivity index (χ4n) is 4.63. The van der Waals surface area contributed by atoms with E-state index in [1.807, 2.05) is 36.5 Å². The van der Waals surface area contributed by atoms with Gasteiger partial charge in [0.25, 0.3) is 0 Å². The molecule has 3 nitrogen and oxygen atoms in total. The molecule has 0 aliphatic heterocycles. The monoisotopic (exact) mass is 629 g/mol. The Balaban J connectivity index is 1.46. The van der Waals surface area contributed by atoms with Crippen LogP contribution in [0.5, 0.6) is 0 Å². The van der Waals surface area contributed by atoms with Crippen LogP contribution in [0.2, 0.25) is 25.1 Å². The molecule has 5 aromatic rings. The molecule has 0 radical (unpaired) electrons. The van der Waals surface area contributed by atoms with Gasteiger partial charge in [-0.25, -0.2) is 9.13 Å². The molecule has 0 saturated heterocycles. The molecule has 2 unspecified atom stereocenters. The number of nitrogens with zero attached hydrogens (tertiary/aromatic N) is 2. The van der Waals surface area contributed by atoms with Gasteiger partial charge in [-0.2, -0.15) is 0 Å². The Labute approximate surface area is 259 Å². The molecule has 204 valence electrons. The van der Waals surface area contributed by atoms with Crippen LogP contribution in [0.25, 0.3) is 0 Å². The number of ether oxygens (including phenoxy) is 1. The van der Waals surface area contributed by atoms with Crippen LogP contribution in [0, 0.1) is 6.92 Å². The molecule has 40 heavy (non-hydrogen) atoms. The Hall–Kier alpha value is -2.50. The van der Waals surface area contributed by atoms with E-state index in [1.54, 1.807) is 18.2 Å². The predicted molar refractivity (Wildman–Crippen MR) is 165 cm³/mol. The largest absolute Gasteiger partial charge is 0.365 e. The first-order valence-electron chi connectivity index (χ1n) is 12.7. The topological polar surface area (TPSA) is 18.0 Å². The summed E-state index contributed by atoms with van der Waals surface area (Å²) < 4.78 is 10.7. The summed E-state index contributed by atoms with van der Waals surface area (Å²) in [6.07, 6.45) is 5.81. The smallest absolute Gasteiger partial charge is 0.244 e. The van der Waals surface area contributed by atoms with Crippen molar-refractivity contribution in [1.29, 1.82) is 0 Å². The second-order valence-corrected chi connectivity index (χ2v) is 11.7. The molecule has 1 aromatic heterocycles. The fraction of sp³-hybridized carbons (Fsp3) is 0.156. The molecule has 0 N–H and O–H groups in total. The van der Waals surface area contributed by atoms with Crippen molar-refractivity contribution in [1.82, 2.24) is 4.57 Å². The number of benzene rings is 4. The number of hydrogen-bond acceptors (Lipinski definition) is 1. The summed E-state index contributed by atoms with van der Waals surface area (Å²) in [5.41, 5.74) is 5.18. The predicted octanol–water partition coefficient (Wildman–Crippen LogP) is 9.95. The van der Waals surface area contributed by atoms with Crippen LogP contribution in [-0.4, -0.2) is 4.57 Å². The Kier molecular flexibility index (Phi) is 9.42. The lowest BCUT2D eigenvalue weighted by Crippen LogP contribution is -2.39. The first kappa shape index (κ1) is 29.0. The summed E-state index contributed by atoms with van der Waals surface area (Å²) in [6, 6.07) is 27.3. The van der Waals surface area contributed by atoms with Gasteiger partial charge in [0, 0.05) is 41.8 Å². The van der Waals surface area contributed by atoms with Crippen LogP contribution >= 0.6 is 58.0 Å². The molecule has 0 amide bonds. The molecule has 0 aliphatic carbocycles. The zero-order valence-corrected chi connectivity index (χ0v) is 25.4. The third-order valence-corrected chi connectivity index (χ3v) is 8.13. The van der Waals surface area contributed by atoms with Crippen LogP contribution in [0.1, 0.15) is 40.0 Å². The van der Waals surface area contributed by atoms with Gasteiger partial charge >= 0.3 is 0 Å². The van der Waals surface area contributed by atoms with Crippen LogP contribution in [0.15, 0.2) is 104 Å². The van der Waals surface area contributed by atoms with Gasteiger partial charge in [-0.3, -0.25) is 0 Å². The van der Waals surface area contributed by atoms with Crippen LogP contribution in [0.3, 0.4) is 0 Å². The van der Waals surface area contributed by atoms with Gasteiger partial charge in [0.05, 0.1) is 6.61 Å². The maximum absolute atomic E-state index is 6.63. The first-order chi connectivity index (χ1) is 19.3. The molecular weight excluding hydrogens is 606 g/mol. The number of imidazole rings is 1. The van der Waals surface area contributed by atoms with Gasteiger partial charge in [-0.05, 0) is 48.9 Å². The number of hydrogen-bond donors (Lipinski definition) is 0. The molecule has 0 aliphatic rings. The van der Waals surface area contributed by atoms with Crippen LogP contribution in [-0.2, 0) is 17.9 Å². The van der Waals surface area contributed by atoms with Crippen molar-refractivity contribution < 1.29 is 9.30 Å². The van der Waals surface area contributed by atoms with E-state index in [2.05, 4.69) is 65.0 Å². The van der Waals surface area contributed by atoms with Crippen molar-refractivity contribution in [2.75, 3.05) is 0 Å². The van der Waals surface area contributed by atoms with Gasteiger partial charge in [0.2, 0.25) is 6.33 Å². The molecular formula is C32H26Cl5N2O+. The van der Waals surface area contributed by atoms with E-state index < -0.39 is 0 Å². The molecule has 0 bridgehead atoms. The molecule has 5 rings (SSSR count). The summed E-state index contributed by atoms with van der Waals surface area (Å²) in [5, 5.41) is 2.94. The highest BCUT2D eigenvalue weighted by molar-refractivity contribution is 6.35. The third kappa shape index (κ3) is 7.03. The van der Waals surface area contributed by atoms with Gasteiger partial charge in [-0.1, -0.05) is 112 Å². The highest BCUT2D eigenvalue weighted by Crippen LogP contribution is 2.32. The van der Waals surface area contributed by atoms with Gasteiger partial charge < -0.3 is 4.74 Å². The zero-order valence-electron chi connectivity index (χ0n) is 21.6. The lowest BCUT2D eigenvalue weighted by Gasteiger charge is -2.19. The van der Waals surface area contributed by atoms with Crippen molar-refractivity contribution in [3.8, 4) is 0 Å². The minimum atomic E-state index is -0.370. The van der Waals surface area contributed by atoms with Gasteiger partial charge in [0.1, 0.15) is 25.0 Å².